The van der Waals surface area contributed by atoms with Crippen molar-refractivity contribution in [1.29, 1.82) is 0 Å². The van der Waals surface area contributed by atoms with Gasteiger partial charge in [0, 0.05) is 22.2 Å². The van der Waals surface area contributed by atoms with Crippen LogP contribution in [0.5, 0.6) is 0 Å². The lowest BCUT2D eigenvalue weighted by molar-refractivity contribution is 0.112. The highest BCUT2D eigenvalue weighted by Gasteiger charge is 2.12. The minimum atomic E-state index is 0.565. The third-order valence-electron chi connectivity index (χ3n) is 2.79. The third kappa shape index (κ3) is 2.71. The van der Waals surface area contributed by atoms with Gasteiger partial charge in [0.2, 0.25) is 0 Å². The molecule has 1 aromatic carbocycles. The van der Waals surface area contributed by atoms with Crippen LogP contribution in [0.15, 0.2) is 46.5 Å². The molecule has 0 atom stereocenters. The fourth-order valence-corrected chi connectivity index (χ4v) is 3.02. The van der Waals surface area contributed by atoms with E-state index in [9.17, 15) is 4.79 Å². The van der Waals surface area contributed by atoms with E-state index in [0.717, 1.165) is 21.3 Å². The number of rotatable bonds is 4. The molecular weight excluding hydrogens is 338 g/mol. The van der Waals surface area contributed by atoms with Crippen molar-refractivity contribution < 1.29 is 4.79 Å². The first-order valence-electron chi connectivity index (χ1n) is 5.93. The lowest BCUT2D eigenvalue weighted by Gasteiger charge is -2.02. The first kappa shape index (κ1) is 13.2. The number of hydrogen-bond acceptors (Lipinski definition) is 4. The minimum Gasteiger partial charge on any atom is -0.298 e. The molecule has 0 aliphatic carbocycles. The maximum absolute atomic E-state index is 11.2. The molecule has 4 nitrogen and oxygen atoms in total. The van der Waals surface area contributed by atoms with Gasteiger partial charge in [0.15, 0.2) is 6.29 Å². The smallest absolute Gasteiger partial charge is 0.153 e. The molecule has 0 spiro atoms. The van der Waals surface area contributed by atoms with Crippen LogP contribution >= 0.6 is 27.3 Å². The number of aldehydes is 1. The predicted molar refractivity (Wildman–Crippen MR) is 82.0 cm³/mol. The number of aromatic nitrogens is 3. The van der Waals surface area contributed by atoms with Crippen molar-refractivity contribution in [3.8, 4) is 10.7 Å². The van der Waals surface area contributed by atoms with Crippen molar-refractivity contribution >= 4 is 33.6 Å². The number of carbonyl (C=O) groups excluding carboxylic acids is 1. The van der Waals surface area contributed by atoms with E-state index >= 15 is 0 Å². The van der Waals surface area contributed by atoms with Crippen molar-refractivity contribution in [1.82, 2.24) is 14.8 Å². The highest BCUT2D eigenvalue weighted by molar-refractivity contribution is 9.10. The number of hydrogen-bond donors (Lipinski definition) is 0. The van der Waals surface area contributed by atoms with Crippen LogP contribution in [0.3, 0.4) is 0 Å². The second-order valence-electron chi connectivity index (χ2n) is 4.22. The van der Waals surface area contributed by atoms with Gasteiger partial charge >= 0.3 is 0 Å². The Morgan fingerprint density at radius 3 is 3.00 bits per heavy atom. The Labute approximate surface area is 128 Å². The average Bonchev–Trinajstić information content (AvgIpc) is 3.06. The standard InChI is InChI=1S/C14H10BrN3OS/c15-12-3-1-2-10(6-12)7-18-8-11(9-19)13(17-18)14-16-4-5-20-14/h1-6,8-9H,7H2. The molecule has 20 heavy (non-hydrogen) atoms. The Balaban J connectivity index is 1.93. The van der Waals surface area contributed by atoms with E-state index in [4.69, 9.17) is 0 Å². The van der Waals surface area contributed by atoms with Crippen molar-refractivity contribution in [3.63, 3.8) is 0 Å². The molecule has 0 aliphatic heterocycles. The summed E-state index contributed by atoms with van der Waals surface area (Å²) in [6, 6.07) is 8.01. The second kappa shape index (κ2) is 5.68. The zero-order valence-corrected chi connectivity index (χ0v) is 12.8. The quantitative estimate of drug-likeness (QED) is 0.677. The number of carbonyl (C=O) groups is 1. The summed E-state index contributed by atoms with van der Waals surface area (Å²) >= 11 is 4.92. The molecule has 2 heterocycles. The van der Waals surface area contributed by atoms with Crippen LogP contribution in [0.25, 0.3) is 10.7 Å². The first-order valence-corrected chi connectivity index (χ1v) is 7.60. The van der Waals surface area contributed by atoms with Crippen molar-refractivity contribution in [2.45, 2.75) is 6.54 Å². The second-order valence-corrected chi connectivity index (χ2v) is 6.03. The van der Waals surface area contributed by atoms with Gasteiger partial charge in [0.1, 0.15) is 10.7 Å². The molecule has 0 saturated heterocycles. The summed E-state index contributed by atoms with van der Waals surface area (Å²) in [5.41, 5.74) is 2.32. The third-order valence-corrected chi connectivity index (χ3v) is 4.06. The molecule has 2 aromatic heterocycles. The molecular formula is C14H10BrN3OS. The molecule has 0 N–H and O–H groups in total. The highest BCUT2D eigenvalue weighted by Crippen LogP contribution is 2.23. The van der Waals surface area contributed by atoms with Gasteiger partial charge in [-0.25, -0.2) is 4.98 Å². The normalized spacial score (nSPS) is 10.7. The Hall–Kier alpha value is -1.79. The largest absolute Gasteiger partial charge is 0.298 e. The Morgan fingerprint density at radius 2 is 2.30 bits per heavy atom. The van der Waals surface area contributed by atoms with Crippen LogP contribution in [0, 0.1) is 0 Å². The van der Waals surface area contributed by atoms with E-state index in [1.165, 1.54) is 11.3 Å². The fraction of sp³-hybridized carbons (Fsp3) is 0.0714. The van der Waals surface area contributed by atoms with Gasteiger partial charge in [-0.3, -0.25) is 9.48 Å². The summed E-state index contributed by atoms with van der Waals surface area (Å²) in [7, 11) is 0. The Kier molecular flexibility index (Phi) is 3.75. The molecule has 0 aliphatic rings. The van der Waals surface area contributed by atoms with E-state index < -0.39 is 0 Å². The van der Waals surface area contributed by atoms with E-state index in [-0.39, 0.29) is 0 Å². The van der Waals surface area contributed by atoms with Crippen molar-refractivity contribution in [2.75, 3.05) is 0 Å². The molecule has 0 unspecified atom stereocenters. The van der Waals surface area contributed by atoms with Crippen molar-refractivity contribution in [3.05, 3.63) is 57.6 Å². The van der Waals surface area contributed by atoms with Crippen molar-refractivity contribution in [2.24, 2.45) is 0 Å². The number of nitrogens with zero attached hydrogens (tertiary/aromatic N) is 3. The summed E-state index contributed by atoms with van der Waals surface area (Å²) in [6.07, 6.45) is 4.29. The molecule has 3 rings (SSSR count). The Morgan fingerprint density at radius 1 is 1.40 bits per heavy atom. The summed E-state index contributed by atoms with van der Waals surface area (Å²) in [5, 5.41) is 7.10. The maximum Gasteiger partial charge on any atom is 0.153 e. The van der Waals surface area contributed by atoms with E-state index in [0.29, 0.717) is 17.8 Å². The lowest BCUT2D eigenvalue weighted by atomic mass is 10.2. The molecule has 0 radical (unpaired) electrons. The lowest BCUT2D eigenvalue weighted by Crippen LogP contribution is -2.00. The Bertz CT molecular complexity index is 737. The van der Waals surface area contributed by atoms with E-state index in [1.807, 2.05) is 29.6 Å². The predicted octanol–water partition coefficient (Wildman–Crippen LogP) is 3.63. The molecule has 100 valence electrons. The van der Waals surface area contributed by atoms with Gasteiger partial charge in [-0.1, -0.05) is 28.1 Å². The summed E-state index contributed by atoms with van der Waals surface area (Å²) in [6.45, 7) is 0.617. The first-order chi connectivity index (χ1) is 9.76. The number of halogens is 1. The van der Waals surface area contributed by atoms with Gasteiger partial charge in [-0.2, -0.15) is 5.10 Å². The van der Waals surface area contributed by atoms with Crippen LogP contribution in [-0.2, 0) is 6.54 Å². The van der Waals surface area contributed by atoms with E-state index in [2.05, 4.69) is 26.0 Å². The molecule has 0 amide bonds. The topological polar surface area (TPSA) is 47.8 Å². The number of thiazole rings is 1. The summed E-state index contributed by atoms with van der Waals surface area (Å²) in [5.74, 6) is 0. The molecule has 3 aromatic rings. The van der Waals surface area contributed by atoms with Crippen LogP contribution < -0.4 is 0 Å². The van der Waals surface area contributed by atoms with Crippen LogP contribution in [0.4, 0.5) is 0 Å². The summed E-state index contributed by atoms with van der Waals surface area (Å²) < 4.78 is 2.79. The molecule has 0 fully saturated rings. The van der Waals surface area contributed by atoms with E-state index in [1.54, 1.807) is 17.1 Å². The number of benzene rings is 1. The fourth-order valence-electron chi connectivity index (χ4n) is 1.93. The zero-order chi connectivity index (χ0) is 13.9. The van der Waals surface area contributed by atoms with Gasteiger partial charge < -0.3 is 0 Å². The molecule has 0 saturated carbocycles. The monoisotopic (exact) mass is 347 g/mol. The van der Waals surface area contributed by atoms with Crippen LogP contribution in [0.2, 0.25) is 0 Å². The van der Waals surface area contributed by atoms with Gasteiger partial charge in [-0.15, -0.1) is 11.3 Å². The van der Waals surface area contributed by atoms with Crippen LogP contribution in [0.1, 0.15) is 15.9 Å². The molecule has 0 bridgehead atoms. The zero-order valence-electron chi connectivity index (χ0n) is 10.4. The highest BCUT2D eigenvalue weighted by atomic mass is 79.9. The average molecular weight is 348 g/mol. The van der Waals surface area contributed by atoms with Gasteiger partial charge in [0.05, 0.1) is 12.1 Å². The minimum absolute atomic E-state index is 0.565. The van der Waals surface area contributed by atoms with Crippen LogP contribution in [-0.4, -0.2) is 21.1 Å². The maximum atomic E-state index is 11.2. The van der Waals surface area contributed by atoms with Gasteiger partial charge in [0.25, 0.3) is 0 Å². The molecule has 6 heteroatoms. The van der Waals surface area contributed by atoms with Gasteiger partial charge in [-0.05, 0) is 17.7 Å². The summed E-state index contributed by atoms with van der Waals surface area (Å²) in [4.78, 5) is 15.4. The SMILES string of the molecule is O=Cc1cn(Cc2cccc(Br)c2)nc1-c1nccs1.